The number of hydrogen-bond acceptors (Lipinski definition) is 11. The second-order valence-electron chi connectivity index (χ2n) is 18.1. The van der Waals surface area contributed by atoms with E-state index in [0.717, 1.165) is 68.3 Å². The number of anilines is 2. The van der Waals surface area contributed by atoms with Gasteiger partial charge in [0.2, 0.25) is 5.91 Å². The van der Waals surface area contributed by atoms with E-state index in [0.29, 0.717) is 62.7 Å². The van der Waals surface area contributed by atoms with Crippen LogP contribution in [0.1, 0.15) is 98.7 Å². The number of benzene rings is 3. The smallest absolute Gasteiger partial charge is 0.294 e. The molecule has 17 heteroatoms. The van der Waals surface area contributed by atoms with E-state index in [1.165, 1.54) is 29.8 Å². The zero-order valence-electron chi connectivity index (χ0n) is 35.9. The maximum absolute atomic E-state index is 16.3. The first-order valence-electron chi connectivity index (χ1n) is 22.2. The van der Waals surface area contributed by atoms with Crippen LogP contribution in [0.25, 0.3) is 11.0 Å². The summed E-state index contributed by atoms with van der Waals surface area (Å²) >= 11 is 0. The number of hydrogen-bond donors (Lipinski definition) is 4. The van der Waals surface area contributed by atoms with Gasteiger partial charge in [0.1, 0.15) is 28.7 Å². The van der Waals surface area contributed by atoms with Crippen molar-refractivity contribution in [1.82, 2.24) is 24.9 Å². The number of H-pyrrole nitrogens is 1. The molecule has 64 heavy (non-hydrogen) atoms. The SMILES string of the molecule is CC(C)c1ccccc1C1CCCN1C1CC2(CCN(c3cc(Oc4cnc5[nH]ccc5c4)c(C(=O)NS(=O)(=O)c4ccc(NC(=O)C5CCNCC5)c([N+](=O)[O-])c4)cc3F)CC2)C1. The highest BCUT2D eigenvalue weighted by Gasteiger charge is 2.50. The molecule has 4 aliphatic rings. The van der Waals surface area contributed by atoms with Gasteiger partial charge in [-0.25, -0.2) is 22.5 Å². The van der Waals surface area contributed by atoms with Crippen molar-refractivity contribution in [1.29, 1.82) is 0 Å². The van der Waals surface area contributed by atoms with Gasteiger partial charge in [-0.05, 0) is 124 Å². The summed E-state index contributed by atoms with van der Waals surface area (Å²) in [6.45, 7) is 8.05. The lowest BCUT2D eigenvalue weighted by atomic mass is 9.59. The Balaban J connectivity index is 0.927. The first-order chi connectivity index (χ1) is 30.8. The van der Waals surface area contributed by atoms with Gasteiger partial charge in [-0.1, -0.05) is 38.1 Å². The molecule has 2 aromatic heterocycles. The van der Waals surface area contributed by atoms with E-state index in [4.69, 9.17) is 4.74 Å². The monoisotopic (exact) mass is 892 g/mol. The van der Waals surface area contributed by atoms with E-state index in [-0.39, 0.29) is 34.2 Å². The normalized spacial score (nSPS) is 19.5. The molecule has 0 radical (unpaired) electrons. The fourth-order valence-corrected chi connectivity index (χ4v) is 11.3. The van der Waals surface area contributed by atoms with Crippen molar-refractivity contribution < 1.29 is 32.1 Å². The topological polar surface area (TPSA) is 192 Å². The van der Waals surface area contributed by atoms with Crippen molar-refractivity contribution in [2.75, 3.05) is 42.9 Å². The number of carbonyl (C=O) groups is 2. The van der Waals surface area contributed by atoms with Gasteiger partial charge in [-0.15, -0.1) is 0 Å². The summed E-state index contributed by atoms with van der Waals surface area (Å²) in [5, 5.41) is 18.5. The summed E-state index contributed by atoms with van der Waals surface area (Å²) in [4.78, 5) is 49.5. The number of fused-ring (bicyclic) bond motifs is 1. The first-order valence-corrected chi connectivity index (χ1v) is 23.7. The Labute approximate surface area is 371 Å². The second-order valence-corrected chi connectivity index (χ2v) is 19.8. The number of nitrogens with one attached hydrogen (secondary N) is 4. The molecular weight excluding hydrogens is 840 g/mol. The van der Waals surface area contributed by atoms with Crippen LogP contribution in [-0.4, -0.2) is 78.8 Å². The molecule has 4 fully saturated rings. The Kier molecular flexibility index (Phi) is 11.9. The highest BCUT2D eigenvalue weighted by Crippen LogP contribution is 2.54. The van der Waals surface area contributed by atoms with Crippen LogP contribution in [-0.2, 0) is 14.8 Å². The average Bonchev–Trinajstić information content (AvgIpc) is 3.96. The van der Waals surface area contributed by atoms with E-state index < -0.39 is 48.7 Å². The molecule has 1 spiro atoms. The number of ether oxygens (including phenoxy) is 1. The van der Waals surface area contributed by atoms with Crippen LogP contribution in [0, 0.1) is 27.3 Å². The first kappa shape index (κ1) is 43.3. The molecule has 9 rings (SSSR count). The zero-order chi connectivity index (χ0) is 44.8. The Bertz CT molecular complexity index is 2700. The Morgan fingerprint density at radius 2 is 1.77 bits per heavy atom. The number of aromatic nitrogens is 2. The molecule has 15 nitrogen and oxygen atoms in total. The highest BCUT2D eigenvalue weighted by atomic mass is 32.2. The molecule has 1 atom stereocenters. The number of piperidine rings is 2. The number of pyridine rings is 1. The average molecular weight is 893 g/mol. The Morgan fingerprint density at radius 1 is 1.00 bits per heavy atom. The summed E-state index contributed by atoms with van der Waals surface area (Å²) in [7, 11) is -4.76. The maximum Gasteiger partial charge on any atom is 0.294 e. The highest BCUT2D eigenvalue weighted by molar-refractivity contribution is 7.90. The van der Waals surface area contributed by atoms with Crippen LogP contribution in [0.2, 0.25) is 0 Å². The van der Waals surface area contributed by atoms with Gasteiger partial charge in [0.25, 0.3) is 21.6 Å². The lowest BCUT2D eigenvalue weighted by molar-refractivity contribution is -0.384. The lowest BCUT2D eigenvalue weighted by Gasteiger charge is -2.56. The summed E-state index contributed by atoms with van der Waals surface area (Å²) in [6, 6.07) is 18.6. The molecule has 336 valence electrons. The van der Waals surface area contributed by atoms with Crippen LogP contribution < -0.4 is 25.0 Å². The van der Waals surface area contributed by atoms with Crippen molar-refractivity contribution in [3.63, 3.8) is 0 Å². The van der Waals surface area contributed by atoms with Crippen LogP contribution >= 0.6 is 0 Å². The van der Waals surface area contributed by atoms with Gasteiger partial charge in [0.05, 0.1) is 27.3 Å². The van der Waals surface area contributed by atoms with Crippen molar-refractivity contribution >= 4 is 49.9 Å². The summed E-state index contributed by atoms with van der Waals surface area (Å²) < 4.78 is 51.9. The van der Waals surface area contributed by atoms with E-state index in [1.807, 2.05) is 9.62 Å². The molecule has 1 saturated carbocycles. The van der Waals surface area contributed by atoms with Gasteiger partial charge < -0.3 is 25.3 Å². The number of amides is 2. The minimum Gasteiger partial charge on any atom is -0.455 e. The van der Waals surface area contributed by atoms with Gasteiger partial charge >= 0.3 is 0 Å². The number of likely N-dealkylation sites (tertiary alicyclic amines) is 1. The number of nitro groups is 1. The summed E-state index contributed by atoms with van der Waals surface area (Å²) in [5.41, 5.74) is 2.60. The standard InChI is InChI=1S/C47H53FN8O7S/c1-29(2)35-6-3-4-7-36(35)40-8-5-19-55(40)32-26-47(27-32)14-20-54(21-15-47)41-25-43(63-33-22-31-13-18-50-44(31)51-28-33)37(24-38(41)48)46(58)53-64(61,62)34-9-10-39(42(23-34)56(59)60)52-45(57)30-11-16-49-17-12-30/h3-4,6-7,9-10,13,18,22-25,28-30,32,40,49H,5,8,11-12,14-17,19-21,26-27H2,1-2H3,(H,50,51)(H,52,57)(H,53,58). The molecule has 1 aliphatic carbocycles. The number of halogens is 1. The second kappa shape index (κ2) is 17.6. The van der Waals surface area contributed by atoms with Gasteiger partial charge in [-0.2, -0.15) is 0 Å². The number of nitrogens with zero attached hydrogens (tertiary/aromatic N) is 4. The Hall–Kier alpha value is -5.91. The molecule has 3 saturated heterocycles. The van der Waals surface area contributed by atoms with Crippen LogP contribution in [0.5, 0.6) is 11.5 Å². The molecule has 2 amide bonds. The van der Waals surface area contributed by atoms with Crippen LogP contribution in [0.3, 0.4) is 0 Å². The molecule has 3 aliphatic heterocycles. The third kappa shape index (κ3) is 8.67. The molecule has 0 bridgehead atoms. The van der Waals surface area contributed by atoms with Gasteiger partial charge in [-0.3, -0.25) is 24.6 Å². The number of aromatic amines is 1. The number of rotatable bonds is 12. The molecular formula is C47H53FN8O7S. The van der Waals surface area contributed by atoms with Crippen molar-refractivity contribution in [3.8, 4) is 11.5 Å². The van der Waals surface area contributed by atoms with E-state index in [9.17, 15) is 28.1 Å². The Morgan fingerprint density at radius 3 is 2.52 bits per heavy atom. The predicted octanol–water partition coefficient (Wildman–Crippen LogP) is 8.17. The third-order valence-electron chi connectivity index (χ3n) is 13.8. The maximum atomic E-state index is 16.3. The molecule has 5 heterocycles. The van der Waals surface area contributed by atoms with Crippen molar-refractivity contribution in [3.05, 3.63) is 112 Å². The van der Waals surface area contributed by atoms with E-state index >= 15 is 4.39 Å². The number of carbonyl (C=O) groups excluding carboxylic acids is 2. The molecule has 1 unspecified atom stereocenters. The molecule has 5 aromatic rings. The fourth-order valence-electron chi connectivity index (χ4n) is 10.3. The third-order valence-corrected chi connectivity index (χ3v) is 15.1. The largest absolute Gasteiger partial charge is 0.455 e. The van der Waals surface area contributed by atoms with Crippen molar-refractivity contribution in [2.45, 2.75) is 88.1 Å². The van der Waals surface area contributed by atoms with Gasteiger partial charge in [0, 0.05) is 54.8 Å². The van der Waals surface area contributed by atoms with Crippen molar-refractivity contribution in [2.24, 2.45) is 11.3 Å². The molecule has 3 aromatic carbocycles. The number of sulfonamides is 1. The quantitative estimate of drug-likeness (QED) is 0.0698. The minimum atomic E-state index is -4.76. The fraction of sp³-hybridized carbons (Fsp3) is 0.426. The van der Waals surface area contributed by atoms with Crippen LogP contribution in [0.15, 0.2) is 84.0 Å². The minimum absolute atomic E-state index is 0.103. The predicted molar refractivity (Wildman–Crippen MR) is 241 cm³/mol. The number of nitro benzene ring substituents is 1. The molecule has 4 N–H and O–H groups in total. The van der Waals surface area contributed by atoms with E-state index in [2.05, 4.69) is 63.6 Å². The van der Waals surface area contributed by atoms with Gasteiger partial charge in [0.15, 0.2) is 0 Å². The van der Waals surface area contributed by atoms with E-state index in [1.54, 1.807) is 18.3 Å². The zero-order valence-corrected chi connectivity index (χ0v) is 36.8. The lowest BCUT2D eigenvalue weighted by Crippen LogP contribution is -2.55. The van der Waals surface area contributed by atoms with Crippen LogP contribution in [0.4, 0.5) is 21.5 Å². The summed E-state index contributed by atoms with van der Waals surface area (Å²) in [5.74, 6) is -2.13. The summed E-state index contributed by atoms with van der Waals surface area (Å²) in [6.07, 6.45) is 10.5.